The lowest BCUT2D eigenvalue weighted by Crippen LogP contribution is -2.40. The molecule has 2 heterocycles. The number of hydrogen-bond donors (Lipinski definition) is 0. The van der Waals surface area contributed by atoms with Gasteiger partial charge in [-0.1, -0.05) is 13.0 Å². The van der Waals surface area contributed by atoms with E-state index in [4.69, 9.17) is 4.74 Å². The molecule has 1 saturated heterocycles. The van der Waals surface area contributed by atoms with E-state index in [0.717, 1.165) is 31.6 Å². The Hall–Kier alpha value is -1.39. The second-order valence-corrected chi connectivity index (χ2v) is 5.91. The normalized spacial score (nSPS) is 19.4. The molecule has 1 amide bonds. The highest BCUT2D eigenvalue weighted by Crippen LogP contribution is 2.21. The van der Waals surface area contributed by atoms with Crippen LogP contribution >= 0.6 is 0 Å². The Bertz CT molecular complexity index is 510. The zero-order chi connectivity index (χ0) is 14.7. The van der Waals surface area contributed by atoms with Crippen molar-refractivity contribution in [2.24, 2.45) is 0 Å². The quantitative estimate of drug-likeness (QED) is 0.852. The summed E-state index contributed by atoms with van der Waals surface area (Å²) in [7, 11) is 0. The first-order valence-corrected chi connectivity index (χ1v) is 7.99. The second kappa shape index (κ2) is 6.58. The van der Waals surface area contributed by atoms with Crippen LogP contribution in [0.1, 0.15) is 34.8 Å². The van der Waals surface area contributed by atoms with Crippen molar-refractivity contribution in [1.82, 2.24) is 9.80 Å². The van der Waals surface area contributed by atoms with Crippen LogP contribution in [0, 0.1) is 0 Å². The lowest BCUT2D eigenvalue weighted by molar-refractivity contribution is 0.0303. The summed E-state index contributed by atoms with van der Waals surface area (Å²) in [5, 5.41) is 0. The summed E-state index contributed by atoms with van der Waals surface area (Å²) in [6.45, 7) is 8.24. The Labute approximate surface area is 126 Å². The topological polar surface area (TPSA) is 32.8 Å². The molecule has 3 rings (SSSR count). The Balaban J connectivity index is 1.72. The molecule has 1 aromatic rings. The average Bonchev–Trinajstić information content (AvgIpc) is 2.55. The predicted molar refractivity (Wildman–Crippen MR) is 82.4 cm³/mol. The minimum Gasteiger partial charge on any atom is -0.378 e. The SMILES string of the molecule is CCCN1CCc2cc(C(=O)N3CCOCC3)ccc2C1. The van der Waals surface area contributed by atoms with E-state index in [-0.39, 0.29) is 5.91 Å². The van der Waals surface area contributed by atoms with E-state index in [2.05, 4.69) is 24.0 Å². The highest BCUT2D eigenvalue weighted by molar-refractivity contribution is 5.94. The molecule has 0 N–H and O–H groups in total. The Kier molecular flexibility index (Phi) is 4.56. The highest BCUT2D eigenvalue weighted by Gasteiger charge is 2.21. The number of ether oxygens (including phenoxy) is 1. The molecule has 0 radical (unpaired) electrons. The molecule has 0 unspecified atom stereocenters. The standard InChI is InChI=1S/C17H24N2O2/c1-2-6-18-7-5-14-12-15(3-4-16(14)13-18)17(20)19-8-10-21-11-9-19/h3-4,12H,2,5-11,13H2,1H3. The zero-order valence-corrected chi connectivity index (χ0v) is 12.8. The molecule has 0 bridgehead atoms. The van der Waals surface area contributed by atoms with Gasteiger partial charge in [-0.2, -0.15) is 0 Å². The van der Waals surface area contributed by atoms with E-state index in [1.54, 1.807) is 0 Å². The zero-order valence-electron chi connectivity index (χ0n) is 12.8. The largest absolute Gasteiger partial charge is 0.378 e. The summed E-state index contributed by atoms with van der Waals surface area (Å²) >= 11 is 0. The van der Waals surface area contributed by atoms with Crippen molar-refractivity contribution in [3.8, 4) is 0 Å². The van der Waals surface area contributed by atoms with Gasteiger partial charge in [-0.3, -0.25) is 9.69 Å². The van der Waals surface area contributed by atoms with Gasteiger partial charge in [-0.15, -0.1) is 0 Å². The van der Waals surface area contributed by atoms with Gasteiger partial charge in [0.05, 0.1) is 13.2 Å². The molecular weight excluding hydrogens is 264 g/mol. The molecule has 0 saturated carbocycles. The number of morpholine rings is 1. The maximum absolute atomic E-state index is 12.5. The molecule has 21 heavy (non-hydrogen) atoms. The number of benzene rings is 1. The fraction of sp³-hybridized carbons (Fsp3) is 0.588. The Morgan fingerprint density at radius 1 is 1.19 bits per heavy atom. The van der Waals surface area contributed by atoms with Crippen LogP contribution in [0.5, 0.6) is 0 Å². The highest BCUT2D eigenvalue weighted by atomic mass is 16.5. The first-order valence-electron chi connectivity index (χ1n) is 7.99. The molecule has 0 spiro atoms. The molecule has 0 aliphatic carbocycles. The van der Waals surface area contributed by atoms with Gasteiger partial charge in [-0.25, -0.2) is 0 Å². The van der Waals surface area contributed by atoms with Crippen LogP contribution in [0.25, 0.3) is 0 Å². The van der Waals surface area contributed by atoms with Crippen molar-refractivity contribution in [3.63, 3.8) is 0 Å². The Morgan fingerprint density at radius 3 is 2.76 bits per heavy atom. The van der Waals surface area contributed by atoms with Crippen molar-refractivity contribution in [3.05, 3.63) is 34.9 Å². The summed E-state index contributed by atoms with van der Waals surface area (Å²) in [5.74, 6) is 0.150. The molecule has 2 aliphatic heterocycles. The third kappa shape index (κ3) is 3.27. The molecule has 114 valence electrons. The molecule has 2 aliphatic rings. The van der Waals surface area contributed by atoms with Gasteiger partial charge in [0.15, 0.2) is 0 Å². The van der Waals surface area contributed by atoms with Gasteiger partial charge in [0, 0.05) is 31.7 Å². The maximum atomic E-state index is 12.5. The number of nitrogens with zero attached hydrogens (tertiary/aromatic N) is 2. The van der Waals surface area contributed by atoms with E-state index < -0.39 is 0 Å². The first kappa shape index (κ1) is 14.5. The third-order valence-corrected chi connectivity index (χ3v) is 4.38. The first-order chi connectivity index (χ1) is 10.3. The van der Waals surface area contributed by atoms with E-state index in [0.29, 0.717) is 26.3 Å². The Morgan fingerprint density at radius 2 is 2.00 bits per heavy atom. The third-order valence-electron chi connectivity index (χ3n) is 4.38. The summed E-state index contributed by atoms with van der Waals surface area (Å²) in [5.41, 5.74) is 3.56. The summed E-state index contributed by atoms with van der Waals surface area (Å²) < 4.78 is 5.31. The van der Waals surface area contributed by atoms with Gasteiger partial charge < -0.3 is 9.64 Å². The molecule has 0 aromatic heterocycles. The van der Waals surface area contributed by atoms with E-state index >= 15 is 0 Å². The van der Waals surface area contributed by atoms with Crippen LogP contribution in [0.4, 0.5) is 0 Å². The van der Waals surface area contributed by atoms with E-state index in [1.165, 1.54) is 17.5 Å². The summed E-state index contributed by atoms with van der Waals surface area (Å²) in [6.07, 6.45) is 2.25. The number of carbonyl (C=O) groups is 1. The fourth-order valence-corrected chi connectivity index (χ4v) is 3.20. The lowest BCUT2D eigenvalue weighted by Gasteiger charge is -2.30. The lowest BCUT2D eigenvalue weighted by atomic mass is 9.96. The predicted octanol–water partition coefficient (Wildman–Crippen LogP) is 1.93. The monoisotopic (exact) mass is 288 g/mol. The van der Waals surface area contributed by atoms with Crippen LogP contribution in [0.2, 0.25) is 0 Å². The number of hydrogen-bond acceptors (Lipinski definition) is 3. The van der Waals surface area contributed by atoms with E-state index in [1.807, 2.05) is 11.0 Å². The molecular formula is C17H24N2O2. The van der Waals surface area contributed by atoms with Crippen LogP contribution in [0.3, 0.4) is 0 Å². The van der Waals surface area contributed by atoms with Crippen LogP contribution in [-0.2, 0) is 17.7 Å². The van der Waals surface area contributed by atoms with Crippen molar-refractivity contribution in [2.45, 2.75) is 26.3 Å². The van der Waals surface area contributed by atoms with Crippen molar-refractivity contribution in [1.29, 1.82) is 0 Å². The van der Waals surface area contributed by atoms with Gasteiger partial charge in [-0.05, 0) is 42.6 Å². The average molecular weight is 288 g/mol. The van der Waals surface area contributed by atoms with Crippen molar-refractivity contribution < 1.29 is 9.53 Å². The van der Waals surface area contributed by atoms with E-state index in [9.17, 15) is 4.79 Å². The van der Waals surface area contributed by atoms with Gasteiger partial charge in [0.1, 0.15) is 0 Å². The number of carbonyl (C=O) groups excluding carboxylic acids is 1. The van der Waals surface area contributed by atoms with Crippen molar-refractivity contribution in [2.75, 3.05) is 39.4 Å². The fourth-order valence-electron chi connectivity index (χ4n) is 3.20. The maximum Gasteiger partial charge on any atom is 0.254 e. The molecule has 0 atom stereocenters. The minimum absolute atomic E-state index is 0.150. The van der Waals surface area contributed by atoms with Crippen LogP contribution in [-0.4, -0.2) is 55.1 Å². The number of rotatable bonds is 3. The van der Waals surface area contributed by atoms with Crippen LogP contribution in [0.15, 0.2) is 18.2 Å². The van der Waals surface area contributed by atoms with Gasteiger partial charge in [0.2, 0.25) is 0 Å². The minimum atomic E-state index is 0.150. The summed E-state index contributed by atoms with van der Waals surface area (Å²) in [4.78, 5) is 16.9. The number of fused-ring (bicyclic) bond motifs is 1. The van der Waals surface area contributed by atoms with Crippen LogP contribution < -0.4 is 0 Å². The van der Waals surface area contributed by atoms with Crippen molar-refractivity contribution >= 4 is 5.91 Å². The molecule has 1 fully saturated rings. The second-order valence-electron chi connectivity index (χ2n) is 5.91. The smallest absolute Gasteiger partial charge is 0.254 e. The molecule has 1 aromatic carbocycles. The number of amides is 1. The summed E-state index contributed by atoms with van der Waals surface area (Å²) in [6, 6.07) is 6.24. The van der Waals surface area contributed by atoms with Gasteiger partial charge >= 0.3 is 0 Å². The van der Waals surface area contributed by atoms with Gasteiger partial charge in [0.25, 0.3) is 5.91 Å². The molecule has 4 nitrogen and oxygen atoms in total. The molecule has 4 heteroatoms.